The number of benzene rings is 2. The van der Waals surface area contributed by atoms with Crippen molar-refractivity contribution in [1.29, 1.82) is 5.26 Å². The fourth-order valence-corrected chi connectivity index (χ4v) is 4.15. The van der Waals surface area contributed by atoms with Gasteiger partial charge in [-0.1, -0.05) is 12.1 Å². The van der Waals surface area contributed by atoms with Crippen molar-refractivity contribution in [2.45, 2.75) is 10.6 Å². The lowest BCUT2D eigenvalue weighted by Gasteiger charge is -2.10. The molecule has 1 aromatic heterocycles. The molecule has 1 heterocycles. The largest absolute Gasteiger partial charge is 0.495 e. The lowest BCUT2D eigenvalue weighted by molar-refractivity contribution is 0.401. The number of rotatable bonds is 5. The SMILES string of the molecule is COc1ccc(F)cc1S(=O)(=O)Cc1cncc(-c2ccc(C#N)cc2)c1. The number of nitriles is 1. The molecule has 0 spiro atoms. The average Bonchev–Trinajstić information content (AvgIpc) is 2.68. The first-order valence-corrected chi connectivity index (χ1v) is 9.59. The summed E-state index contributed by atoms with van der Waals surface area (Å²) in [6.45, 7) is 0. The third-order valence-corrected chi connectivity index (χ3v) is 5.66. The number of pyridine rings is 1. The Morgan fingerprint density at radius 2 is 1.81 bits per heavy atom. The second kappa shape index (κ2) is 7.56. The Bertz CT molecular complexity index is 1120. The Morgan fingerprint density at radius 3 is 2.48 bits per heavy atom. The van der Waals surface area contributed by atoms with Gasteiger partial charge in [0.25, 0.3) is 0 Å². The van der Waals surface area contributed by atoms with E-state index < -0.39 is 15.7 Å². The zero-order chi connectivity index (χ0) is 19.4. The van der Waals surface area contributed by atoms with E-state index in [0.717, 1.165) is 23.3 Å². The summed E-state index contributed by atoms with van der Waals surface area (Å²) in [4.78, 5) is 3.91. The first-order chi connectivity index (χ1) is 12.9. The van der Waals surface area contributed by atoms with Crippen molar-refractivity contribution in [3.63, 3.8) is 0 Å². The molecule has 0 N–H and O–H groups in total. The van der Waals surface area contributed by atoms with Crippen LogP contribution >= 0.6 is 0 Å². The van der Waals surface area contributed by atoms with Crippen LogP contribution in [0.15, 0.2) is 65.8 Å². The third kappa shape index (κ3) is 4.13. The number of methoxy groups -OCH3 is 1. The zero-order valence-electron chi connectivity index (χ0n) is 14.4. The zero-order valence-corrected chi connectivity index (χ0v) is 15.2. The minimum absolute atomic E-state index is 0.0904. The highest BCUT2D eigenvalue weighted by atomic mass is 32.2. The molecule has 0 saturated carbocycles. The molecule has 3 aromatic rings. The molecule has 0 atom stereocenters. The van der Waals surface area contributed by atoms with Crippen LogP contribution in [0.2, 0.25) is 0 Å². The molecule has 0 fully saturated rings. The summed E-state index contributed by atoms with van der Waals surface area (Å²) in [5.74, 6) is -0.907. The van der Waals surface area contributed by atoms with Crippen molar-refractivity contribution in [2.75, 3.05) is 7.11 Å². The number of ether oxygens (including phenoxy) is 1. The van der Waals surface area contributed by atoms with Crippen molar-refractivity contribution in [3.05, 3.63) is 77.9 Å². The molecule has 0 aliphatic carbocycles. The molecule has 0 radical (unpaired) electrons. The van der Waals surface area contributed by atoms with Gasteiger partial charge in [0.05, 0.1) is 24.5 Å². The van der Waals surface area contributed by atoms with Crippen LogP contribution in [0.5, 0.6) is 5.75 Å². The van der Waals surface area contributed by atoms with Crippen LogP contribution in [0.4, 0.5) is 4.39 Å². The van der Waals surface area contributed by atoms with Crippen molar-refractivity contribution in [1.82, 2.24) is 4.98 Å². The molecule has 0 aliphatic heterocycles. The Balaban J connectivity index is 1.94. The number of hydrogen-bond donors (Lipinski definition) is 0. The fraction of sp³-hybridized carbons (Fsp3) is 0.100. The summed E-state index contributed by atoms with van der Waals surface area (Å²) in [7, 11) is -2.50. The Labute approximate surface area is 156 Å². The monoisotopic (exact) mass is 382 g/mol. The van der Waals surface area contributed by atoms with E-state index in [1.807, 2.05) is 6.07 Å². The molecule has 0 amide bonds. The number of hydrogen-bond acceptors (Lipinski definition) is 5. The summed E-state index contributed by atoms with van der Waals surface area (Å²) in [5.41, 5.74) is 2.52. The van der Waals surface area contributed by atoms with Crippen LogP contribution < -0.4 is 4.74 Å². The standard InChI is InChI=1S/C20H15FN2O3S/c1-26-19-7-6-18(21)9-20(19)27(24,25)13-15-8-17(12-23-11-15)16-4-2-14(10-22)3-5-16/h2-9,11-12H,13H2,1H3. The van der Waals surface area contributed by atoms with Gasteiger partial charge < -0.3 is 4.74 Å². The maximum Gasteiger partial charge on any atom is 0.186 e. The van der Waals surface area contributed by atoms with E-state index in [1.165, 1.54) is 19.4 Å². The molecule has 2 aromatic carbocycles. The highest BCUT2D eigenvalue weighted by Gasteiger charge is 2.21. The van der Waals surface area contributed by atoms with Gasteiger partial charge in [-0.25, -0.2) is 12.8 Å². The highest BCUT2D eigenvalue weighted by molar-refractivity contribution is 7.90. The van der Waals surface area contributed by atoms with Gasteiger partial charge in [0, 0.05) is 18.0 Å². The van der Waals surface area contributed by atoms with Crippen LogP contribution in [-0.4, -0.2) is 20.5 Å². The number of halogens is 1. The van der Waals surface area contributed by atoms with Gasteiger partial charge in [0.2, 0.25) is 0 Å². The molecule has 27 heavy (non-hydrogen) atoms. The summed E-state index contributed by atoms with van der Waals surface area (Å²) in [6.07, 6.45) is 3.07. The van der Waals surface area contributed by atoms with E-state index in [0.29, 0.717) is 11.1 Å². The number of aromatic nitrogens is 1. The van der Waals surface area contributed by atoms with E-state index in [2.05, 4.69) is 4.98 Å². The second-order valence-corrected chi connectivity index (χ2v) is 7.78. The lowest BCUT2D eigenvalue weighted by Crippen LogP contribution is -2.08. The van der Waals surface area contributed by atoms with E-state index in [1.54, 1.807) is 36.5 Å². The molecule has 0 bridgehead atoms. The first-order valence-electron chi connectivity index (χ1n) is 7.94. The van der Waals surface area contributed by atoms with Gasteiger partial charge >= 0.3 is 0 Å². The second-order valence-electron chi connectivity index (χ2n) is 5.83. The third-order valence-electron chi connectivity index (χ3n) is 3.96. The summed E-state index contributed by atoms with van der Waals surface area (Å²) in [6, 6.07) is 14.0. The fourth-order valence-electron chi connectivity index (χ4n) is 2.65. The van der Waals surface area contributed by atoms with Gasteiger partial charge in [-0.05, 0) is 47.5 Å². The maximum atomic E-state index is 13.5. The predicted molar refractivity (Wildman–Crippen MR) is 98.2 cm³/mol. The molecular formula is C20H15FN2O3S. The molecule has 0 saturated heterocycles. The average molecular weight is 382 g/mol. The van der Waals surface area contributed by atoms with E-state index in [4.69, 9.17) is 10.00 Å². The van der Waals surface area contributed by atoms with Crippen LogP contribution in [0.1, 0.15) is 11.1 Å². The topological polar surface area (TPSA) is 80.1 Å². The quantitative estimate of drug-likeness (QED) is 0.671. The van der Waals surface area contributed by atoms with Crippen LogP contribution in [-0.2, 0) is 15.6 Å². The Kier molecular flexibility index (Phi) is 5.19. The Hall–Kier alpha value is -3.24. The molecule has 7 heteroatoms. The predicted octanol–water partition coefficient (Wildman–Crippen LogP) is 3.74. The lowest BCUT2D eigenvalue weighted by atomic mass is 10.0. The normalized spacial score (nSPS) is 11.0. The van der Waals surface area contributed by atoms with Crippen LogP contribution in [0.25, 0.3) is 11.1 Å². The smallest absolute Gasteiger partial charge is 0.186 e. The molecular weight excluding hydrogens is 367 g/mol. The summed E-state index contributed by atoms with van der Waals surface area (Å²) in [5, 5.41) is 8.88. The molecule has 0 aliphatic rings. The highest BCUT2D eigenvalue weighted by Crippen LogP contribution is 2.28. The molecule has 3 rings (SSSR count). The van der Waals surface area contributed by atoms with Crippen LogP contribution in [0, 0.1) is 17.1 Å². The summed E-state index contributed by atoms with van der Waals surface area (Å²) < 4.78 is 44.1. The van der Waals surface area contributed by atoms with E-state index in [9.17, 15) is 12.8 Å². The maximum absolute atomic E-state index is 13.5. The van der Waals surface area contributed by atoms with Gasteiger partial charge in [0.15, 0.2) is 9.84 Å². The first kappa shape index (κ1) is 18.5. The molecule has 136 valence electrons. The van der Waals surface area contributed by atoms with Crippen LogP contribution in [0.3, 0.4) is 0 Å². The van der Waals surface area contributed by atoms with Gasteiger partial charge in [-0.2, -0.15) is 5.26 Å². The summed E-state index contributed by atoms with van der Waals surface area (Å²) >= 11 is 0. The van der Waals surface area contributed by atoms with Crippen molar-refractivity contribution in [3.8, 4) is 22.9 Å². The minimum Gasteiger partial charge on any atom is -0.495 e. The number of sulfone groups is 1. The number of nitrogens with zero attached hydrogens (tertiary/aromatic N) is 2. The van der Waals surface area contributed by atoms with E-state index >= 15 is 0 Å². The van der Waals surface area contributed by atoms with E-state index in [-0.39, 0.29) is 16.4 Å². The minimum atomic E-state index is -3.84. The van der Waals surface area contributed by atoms with Crippen molar-refractivity contribution in [2.24, 2.45) is 0 Å². The van der Waals surface area contributed by atoms with Gasteiger partial charge in [0.1, 0.15) is 16.5 Å². The van der Waals surface area contributed by atoms with Crippen molar-refractivity contribution >= 4 is 9.84 Å². The molecule has 0 unspecified atom stereocenters. The molecule has 5 nitrogen and oxygen atoms in total. The van der Waals surface area contributed by atoms with Crippen molar-refractivity contribution < 1.29 is 17.5 Å². The van der Waals surface area contributed by atoms with Gasteiger partial charge in [-0.3, -0.25) is 4.98 Å². The Morgan fingerprint density at radius 1 is 1.07 bits per heavy atom. The van der Waals surface area contributed by atoms with Gasteiger partial charge in [-0.15, -0.1) is 0 Å².